The van der Waals surface area contributed by atoms with Crippen molar-refractivity contribution in [3.63, 3.8) is 0 Å². The topological polar surface area (TPSA) is 51.2 Å². The molecule has 0 spiro atoms. The Bertz CT molecular complexity index is 722. The van der Waals surface area contributed by atoms with Gasteiger partial charge in [-0.1, -0.05) is 64.0 Å². The summed E-state index contributed by atoms with van der Waals surface area (Å²) in [6.45, 7) is 1.89. The second kappa shape index (κ2) is 6.54. The molecule has 0 aliphatic heterocycles. The van der Waals surface area contributed by atoms with E-state index in [1.807, 2.05) is 13.0 Å². The quantitative estimate of drug-likeness (QED) is 0.601. The molecular weight excluding hydrogens is 352 g/mol. The average Bonchev–Trinajstić information content (AvgIpc) is 2.47. The largest absolute Gasteiger partial charge is 0.293 e. The molecule has 1 atom stereocenters. The summed E-state index contributed by atoms with van der Waals surface area (Å²) in [5, 5.41) is 0. The molecule has 0 radical (unpaired) electrons. The molecule has 2 aromatic rings. The summed E-state index contributed by atoms with van der Waals surface area (Å²) in [4.78, 5) is 11.7. The molecule has 0 bridgehead atoms. The molecule has 0 heterocycles. The van der Waals surface area contributed by atoms with Crippen LogP contribution in [0.25, 0.3) is 0 Å². The summed E-state index contributed by atoms with van der Waals surface area (Å²) in [7, 11) is -3.50. The van der Waals surface area contributed by atoms with Crippen LogP contribution in [0.4, 0.5) is 0 Å². The van der Waals surface area contributed by atoms with Gasteiger partial charge >= 0.3 is 0 Å². The van der Waals surface area contributed by atoms with E-state index in [0.29, 0.717) is 5.56 Å². The standard InChI is InChI=1S/C16H15BrO3S/c1-12-7-9-14(10-8-12)21(19,20)11-15(17)16(18)13-5-3-2-4-6-13/h2-10,15H,11H2,1H3. The van der Waals surface area contributed by atoms with Gasteiger partial charge in [-0.05, 0) is 19.1 Å². The zero-order chi connectivity index (χ0) is 15.5. The minimum atomic E-state index is -3.50. The highest BCUT2D eigenvalue weighted by atomic mass is 79.9. The highest BCUT2D eigenvalue weighted by Crippen LogP contribution is 2.18. The molecule has 0 saturated heterocycles. The molecule has 2 rings (SSSR count). The summed E-state index contributed by atoms with van der Waals surface area (Å²) >= 11 is 3.20. The normalized spacial score (nSPS) is 12.9. The first-order chi connectivity index (χ1) is 9.90. The van der Waals surface area contributed by atoms with Gasteiger partial charge < -0.3 is 0 Å². The smallest absolute Gasteiger partial charge is 0.179 e. The number of ketones is 1. The van der Waals surface area contributed by atoms with Crippen molar-refractivity contribution in [2.24, 2.45) is 0 Å². The van der Waals surface area contributed by atoms with Gasteiger partial charge in [-0.15, -0.1) is 0 Å². The van der Waals surface area contributed by atoms with Gasteiger partial charge in [-0.2, -0.15) is 0 Å². The Morgan fingerprint density at radius 2 is 1.62 bits per heavy atom. The van der Waals surface area contributed by atoms with Crippen molar-refractivity contribution >= 4 is 31.6 Å². The molecule has 0 saturated carbocycles. The predicted molar refractivity (Wildman–Crippen MR) is 86.7 cm³/mol. The molecule has 0 amide bonds. The molecule has 0 fully saturated rings. The lowest BCUT2D eigenvalue weighted by Crippen LogP contribution is -2.24. The predicted octanol–water partition coefficient (Wildman–Crippen LogP) is 3.42. The van der Waals surface area contributed by atoms with Gasteiger partial charge in [0.2, 0.25) is 0 Å². The third-order valence-electron chi connectivity index (χ3n) is 3.09. The van der Waals surface area contributed by atoms with Crippen molar-refractivity contribution in [1.82, 2.24) is 0 Å². The minimum Gasteiger partial charge on any atom is -0.293 e. The SMILES string of the molecule is Cc1ccc(S(=O)(=O)CC(Br)C(=O)c2ccccc2)cc1. The van der Waals surface area contributed by atoms with Gasteiger partial charge in [0.15, 0.2) is 15.6 Å². The number of rotatable bonds is 5. The number of aryl methyl sites for hydroxylation is 1. The van der Waals surface area contributed by atoms with Crippen LogP contribution in [0, 0.1) is 6.92 Å². The lowest BCUT2D eigenvalue weighted by molar-refractivity contribution is 0.0996. The Kier molecular flexibility index (Phi) is 4.96. The van der Waals surface area contributed by atoms with Crippen molar-refractivity contribution < 1.29 is 13.2 Å². The first-order valence-electron chi connectivity index (χ1n) is 6.43. The van der Waals surface area contributed by atoms with Crippen molar-refractivity contribution in [2.75, 3.05) is 5.75 Å². The number of hydrogen-bond donors (Lipinski definition) is 0. The molecule has 0 aromatic heterocycles. The van der Waals surface area contributed by atoms with Gasteiger partial charge in [-0.3, -0.25) is 4.79 Å². The van der Waals surface area contributed by atoms with E-state index < -0.39 is 14.7 Å². The number of carbonyl (C=O) groups is 1. The van der Waals surface area contributed by atoms with Crippen molar-refractivity contribution in [1.29, 1.82) is 0 Å². The van der Waals surface area contributed by atoms with Gasteiger partial charge in [-0.25, -0.2) is 8.42 Å². The highest BCUT2D eigenvalue weighted by molar-refractivity contribution is 9.10. The Labute approximate surface area is 133 Å². The second-order valence-electron chi connectivity index (χ2n) is 4.79. The molecule has 1 unspecified atom stereocenters. The monoisotopic (exact) mass is 366 g/mol. The van der Waals surface area contributed by atoms with Crippen LogP contribution in [0.5, 0.6) is 0 Å². The number of benzene rings is 2. The Morgan fingerprint density at radius 3 is 2.19 bits per heavy atom. The Hall–Kier alpha value is -1.46. The zero-order valence-corrected chi connectivity index (χ0v) is 13.9. The van der Waals surface area contributed by atoms with E-state index in [-0.39, 0.29) is 16.4 Å². The maximum atomic E-state index is 12.3. The van der Waals surface area contributed by atoms with E-state index in [9.17, 15) is 13.2 Å². The number of sulfone groups is 1. The van der Waals surface area contributed by atoms with Crippen molar-refractivity contribution in [3.05, 3.63) is 65.7 Å². The molecule has 0 aliphatic rings. The van der Waals surface area contributed by atoms with Gasteiger partial charge in [0, 0.05) is 5.56 Å². The fourth-order valence-electron chi connectivity index (χ4n) is 1.89. The summed E-state index contributed by atoms with van der Waals surface area (Å²) in [5.41, 5.74) is 1.49. The van der Waals surface area contributed by atoms with Crippen LogP contribution >= 0.6 is 15.9 Å². The lowest BCUT2D eigenvalue weighted by Gasteiger charge is -2.10. The number of hydrogen-bond acceptors (Lipinski definition) is 3. The zero-order valence-electron chi connectivity index (χ0n) is 11.5. The maximum absolute atomic E-state index is 12.3. The van der Waals surface area contributed by atoms with Crippen LogP contribution in [0.15, 0.2) is 59.5 Å². The van der Waals surface area contributed by atoms with E-state index in [4.69, 9.17) is 0 Å². The van der Waals surface area contributed by atoms with Crippen LogP contribution in [0.2, 0.25) is 0 Å². The van der Waals surface area contributed by atoms with E-state index in [0.717, 1.165) is 5.56 Å². The summed E-state index contributed by atoms with van der Waals surface area (Å²) in [6.07, 6.45) is 0. The molecule has 5 heteroatoms. The molecule has 21 heavy (non-hydrogen) atoms. The fourth-order valence-corrected chi connectivity index (χ4v) is 4.48. The first-order valence-corrected chi connectivity index (χ1v) is 9.00. The van der Waals surface area contributed by atoms with Crippen LogP contribution < -0.4 is 0 Å². The third kappa shape index (κ3) is 4.02. The second-order valence-corrected chi connectivity index (χ2v) is 7.93. The van der Waals surface area contributed by atoms with Crippen LogP contribution in [-0.4, -0.2) is 24.8 Å². The van der Waals surface area contributed by atoms with Crippen molar-refractivity contribution in [3.8, 4) is 0 Å². The average molecular weight is 367 g/mol. The van der Waals surface area contributed by atoms with E-state index >= 15 is 0 Å². The highest BCUT2D eigenvalue weighted by Gasteiger charge is 2.25. The van der Waals surface area contributed by atoms with Crippen LogP contribution in [0.3, 0.4) is 0 Å². The van der Waals surface area contributed by atoms with Gasteiger partial charge in [0.1, 0.15) is 0 Å². The number of carbonyl (C=O) groups excluding carboxylic acids is 1. The Balaban J connectivity index is 2.17. The summed E-state index contributed by atoms with van der Waals surface area (Å²) < 4.78 is 24.6. The summed E-state index contributed by atoms with van der Waals surface area (Å²) in [6, 6.07) is 15.3. The first kappa shape index (κ1) is 15.9. The molecule has 110 valence electrons. The molecule has 0 aliphatic carbocycles. The Morgan fingerprint density at radius 1 is 1.05 bits per heavy atom. The van der Waals surface area contributed by atoms with E-state index in [1.54, 1.807) is 48.5 Å². The van der Waals surface area contributed by atoms with E-state index in [2.05, 4.69) is 15.9 Å². The van der Waals surface area contributed by atoms with Gasteiger partial charge in [0.25, 0.3) is 0 Å². The summed E-state index contributed by atoms with van der Waals surface area (Å²) in [5.74, 6) is -0.490. The van der Waals surface area contributed by atoms with Crippen LogP contribution in [-0.2, 0) is 9.84 Å². The fraction of sp³-hybridized carbons (Fsp3) is 0.188. The van der Waals surface area contributed by atoms with Crippen molar-refractivity contribution in [2.45, 2.75) is 16.6 Å². The number of halogens is 1. The third-order valence-corrected chi connectivity index (χ3v) is 6.02. The molecule has 0 N–H and O–H groups in total. The number of Topliss-reactive ketones (excluding diaryl/α,β-unsaturated/α-hetero) is 1. The molecule has 3 nitrogen and oxygen atoms in total. The van der Waals surface area contributed by atoms with Crippen LogP contribution in [0.1, 0.15) is 15.9 Å². The van der Waals surface area contributed by atoms with Gasteiger partial charge in [0.05, 0.1) is 15.5 Å². The van der Waals surface area contributed by atoms with E-state index in [1.165, 1.54) is 0 Å². The molecular formula is C16H15BrO3S. The number of alkyl halides is 1. The maximum Gasteiger partial charge on any atom is 0.179 e. The lowest BCUT2D eigenvalue weighted by atomic mass is 10.1. The minimum absolute atomic E-state index is 0.230. The molecule has 2 aromatic carbocycles.